The number of fused-ring (bicyclic) bond motifs is 4. The molecule has 37 heavy (non-hydrogen) atoms. The molecule has 0 unspecified atom stereocenters. The Balaban J connectivity index is 1.44. The second kappa shape index (κ2) is 8.85. The lowest BCUT2D eigenvalue weighted by molar-refractivity contribution is 0.486. The van der Waals surface area contributed by atoms with Crippen molar-refractivity contribution in [3.05, 3.63) is 132 Å². The normalized spacial score (nSPS) is 11.4. The molecule has 0 radical (unpaired) electrons. The van der Waals surface area contributed by atoms with Gasteiger partial charge in [-0.3, -0.25) is 0 Å². The van der Waals surface area contributed by atoms with Gasteiger partial charge in [0.05, 0.1) is 5.02 Å². The van der Waals surface area contributed by atoms with Crippen LogP contribution in [0.4, 0.5) is 0 Å². The average Bonchev–Trinajstić information content (AvgIpc) is 2.94. The van der Waals surface area contributed by atoms with Gasteiger partial charge in [-0.25, -0.2) is 0 Å². The number of benzene rings is 7. The average molecular weight is 497 g/mol. The van der Waals surface area contributed by atoms with Crippen molar-refractivity contribution in [3.63, 3.8) is 0 Å². The van der Waals surface area contributed by atoms with E-state index >= 15 is 0 Å². The van der Waals surface area contributed by atoms with Gasteiger partial charge in [0.25, 0.3) is 0 Å². The van der Waals surface area contributed by atoms with Crippen LogP contribution in [-0.2, 0) is 0 Å². The second-order valence-electron chi connectivity index (χ2n) is 9.09. The zero-order valence-corrected chi connectivity index (χ0v) is 20.6. The first kappa shape index (κ1) is 21.7. The number of rotatable bonds is 4. The van der Waals surface area contributed by atoms with Crippen LogP contribution >= 0.6 is 11.6 Å². The summed E-state index contributed by atoms with van der Waals surface area (Å²) in [6, 6.07) is 42.9. The molecule has 0 amide bonds. The first-order valence-corrected chi connectivity index (χ1v) is 12.6. The summed E-state index contributed by atoms with van der Waals surface area (Å²) in [5.74, 6) is 3.01. The third-order valence-corrected chi connectivity index (χ3v) is 7.10. The first-order chi connectivity index (χ1) is 18.2. The van der Waals surface area contributed by atoms with Crippen molar-refractivity contribution in [3.8, 4) is 23.0 Å². The van der Waals surface area contributed by atoms with Crippen LogP contribution in [0.2, 0.25) is 5.02 Å². The van der Waals surface area contributed by atoms with Crippen molar-refractivity contribution in [2.45, 2.75) is 0 Å². The molecule has 0 N–H and O–H groups in total. The summed E-state index contributed by atoms with van der Waals surface area (Å²) in [5, 5.41) is 8.82. The van der Waals surface area contributed by atoms with Crippen LogP contribution in [0.1, 0.15) is 0 Å². The summed E-state index contributed by atoms with van der Waals surface area (Å²) in [7, 11) is 0. The highest BCUT2D eigenvalue weighted by molar-refractivity contribution is 6.37. The lowest BCUT2D eigenvalue weighted by atomic mass is 10.00. The molecule has 7 aromatic carbocycles. The Morgan fingerprint density at radius 2 is 0.892 bits per heavy atom. The highest BCUT2D eigenvalue weighted by Crippen LogP contribution is 2.48. The fourth-order valence-electron chi connectivity index (χ4n) is 5.02. The molecule has 0 saturated carbocycles. The molecule has 0 saturated heterocycles. The Bertz CT molecular complexity index is 1960. The molecule has 0 aliphatic heterocycles. The molecule has 176 valence electrons. The summed E-state index contributed by atoms with van der Waals surface area (Å²) in [5.41, 5.74) is 0. The van der Waals surface area contributed by atoms with Gasteiger partial charge in [0.2, 0.25) is 0 Å². The molecule has 0 spiro atoms. The quantitative estimate of drug-likeness (QED) is 0.225. The highest BCUT2D eigenvalue weighted by Gasteiger charge is 2.19. The van der Waals surface area contributed by atoms with Crippen LogP contribution in [0.15, 0.2) is 127 Å². The van der Waals surface area contributed by atoms with Crippen molar-refractivity contribution in [2.24, 2.45) is 0 Å². The van der Waals surface area contributed by atoms with E-state index in [9.17, 15) is 0 Å². The molecule has 3 heteroatoms. The summed E-state index contributed by atoms with van der Waals surface area (Å²) < 4.78 is 13.2. The molecule has 0 aliphatic rings. The number of ether oxygens (including phenoxy) is 2. The van der Waals surface area contributed by atoms with E-state index in [-0.39, 0.29) is 0 Å². The summed E-state index contributed by atoms with van der Waals surface area (Å²) >= 11 is 6.84. The van der Waals surface area contributed by atoms with Crippen LogP contribution in [0.5, 0.6) is 23.0 Å². The van der Waals surface area contributed by atoms with Gasteiger partial charge in [0, 0.05) is 21.5 Å². The monoisotopic (exact) mass is 496 g/mol. The molecule has 2 nitrogen and oxygen atoms in total. The van der Waals surface area contributed by atoms with E-state index in [0.29, 0.717) is 5.02 Å². The Labute approximate surface area is 219 Å². The largest absolute Gasteiger partial charge is 0.456 e. The minimum Gasteiger partial charge on any atom is -0.456 e. The van der Waals surface area contributed by atoms with E-state index in [2.05, 4.69) is 60.7 Å². The predicted molar refractivity (Wildman–Crippen MR) is 155 cm³/mol. The zero-order chi connectivity index (χ0) is 24.8. The van der Waals surface area contributed by atoms with E-state index in [1.54, 1.807) is 0 Å². The first-order valence-electron chi connectivity index (χ1n) is 12.2. The number of hydrogen-bond donors (Lipinski definition) is 0. The van der Waals surface area contributed by atoms with E-state index in [0.717, 1.165) is 55.3 Å². The van der Waals surface area contributed by atoms with Gasteiger partial charge in [0.1, 0.15) is 23.0 Å². The van der Waals surface area contributed by atoms with Crippen LogP contribution < -0.4 is 9.47 Å². The summed E-state index contributed by atoms with van der Waals surface area (Å²) in [6.07, 6.45) is 0. The molecule has 0 bridgehead atoms. The molecule has 0 atom stereocenters. The third-order valence-electron chi connectivity index (χ3n) is 6.78. The van der Waals surface area contributed by atoms with Gasteiger partial charge >= 0.3 is 0 Å². The van der Waals surface area contributed by atoms with Crippen molar-refractivity contribution in [1.82, 2.24) is 0 Å². The van der Waals surface area contributed by atoms with Gasteiger partial charge < -0.3 is 9.47 Å². The van der Waals surface area contributed by atoms with E-state index in [1.807, 2.05) is 66.7 Å². The van der Waals surface area contributed by atoms with Crippen LogP contribution in [-0.4, -0.2) is 0 Å². The smallest absolute Gasteiger partial charge is 0.144 e. The third kappa shape index (κ3) is 3.83. The van der Waals surface area contributed by atoms with Crippen molar-refractivity contribution < 1.29 is 9.47 Å². The maximum atomic E-state index is 6.84. The number of halogens is 1. The van der Waals surface area contributed by atoms with Crippen molar-refractivity contribution in [1.29, 1.82) is 0 Å². The van der Waals surface area contributed by atoms with E-state index < -0.39 is 0 Å². The number of hydrogen-bond acceptors (Lipinski definition) is 2. The zero-order valence-electron chi connectivity index (χ0n) is 19.8. The Morgan fingerprint density at radius 3 is 1.51 bits per heavy atom. The topological polar surface area (TPSA) is 18.5 Å². The van der Waals surface area contributed by atoms with Crippen LogP contribution in [0.25, 0.3) is 43.1 Å². The van der Waals surface area contributed by atoms with Crippen LogP contribution in [0.3, 0.4) is 0 Å². The van der Waals surface area contributed by atoms with Crippen molar-refractivity contribution >= 4 is 54.7 Å². The van der Waals surface area contributed by atoms with Gasteiger partial charge in [-0.1, -0.05) is 109 Å². The lowest BCUT2D eigenvalue weighted by Crippen LogP contribution is -1.94. The molecule has 0 fully saturated rings. The van der Waals surface area contributed by atoms with Crippen molar-refractivity contribution in [2.75, 3.05) is 0 Å². The second-order valence-corrected chi connectivity index (χ2v) is 9.50. The lowest BCUT2D eigenvalue weighted by Gasteiger charge is -2.19. The van der Waals surface area contributed by atoms with E-state index in [4.69, 9.17) is 21.1 Å². The Kier molecular flexibility index (Phi) is 5.20. The van der Waals surface area contributed by atoms with E-state index in [1.165, 1.54) is 10.8 Å². The standard InChI is InChI=1S/C34H21ClO2/c35-31-15-7-14-30-32(31)34(37-27-19-17-23-9-2-4-11-25(23)21-27)29-13-6-5-12-28(29)33(30)36-26-18-16-22-8-1-3-10-24(22)20-26/h1-21H. The summed E-state index contributed by atoms with van der Waals surface area (Å²) in [4.78, 5) is 0. The minimum absolute atomic E-state index is 0.613. The molecule has 0 heterocycles. The molecule has 7 aromatic rings. The molecular formula is C34H21ClO2. The minimum atomic E-state index is 0.613. The fourth-order valence-corrected chi connectivity index (χ4v) is 5.28. The molecule has 0 aliphatic carbocycles. The highest BCUT2D eigenvalue weighted by atomic mass is 35.5. The van der Waals surface area contributed by atoms with Gasteiger partial charge in [-0.2, -0.15) is 0 Å². The van der Waals surface area contributed by atoms with Gasteiger partial charge in [-0.15, -0.1) is 0 Å². The predicted octanol–water partition coefficient (Wildman–Crippen LogP) is 10.5. The molecular weight excluding hydrogens is 476 g/mol. The summed E-state index contributed by atoms with van der Waals surface area (Å²) in [6.45, 7) is 0. The Hall–Kier alpha value is -4.53. The fraction of sp³-hybridized carbons (Fsp3) is 0. The Morgan fingerprint density at radius 1 is 0.405 bits per heavy atom. The van der Waals surface area contributed by atoms with Gasteiger partial charge in [-0.05, 0) is 51.9 Å². The van der Waals surface area contributed by atoms with Crippen LogP contribution in [0, 0.1) is 0 Å². The SMILES string of the molecule is Clc1cccc2c(Oc3ccc4ccccc4c3)c3ccccc3c(Oc3ccc4ccccc4c3)c12. The molecule has 0 aromatic heterocycles. The maximum absolute atomic E-state index is 6.84. The van der Waals surface area contributed by atoms with Gasteiger partial charge in [0.15, 0.2) is 0 Å². The maximum Gasteiger partial charge on any atom is 0.144 e. The molecule has 7 rings (SSSR count).